The highest BCUT2D eigenvalue weighted by Crippen LogP contribution is 2.44. The first-order valence-corrected chi connectivity index (χ1v) is 14.4. The van der Waals surface area contributed by atoms with Gasteiger partial charge in [0.05, 0.1) is 52.2 Å². The molecule has 0 amide bonds. The second kappa shape index (κ2) is 13.1. The fourth-order valence-corrected chi connectivity index (χ4v) is 6.42. The van der Waals surface area contributed by atoms with Crippen molar-refractivity contribution >= 4 is 23.6 Å². The maximum Gasteiger partial charge on any atom is 0.131 e. The lowest BCUT2D eigenvalue weighted by molar-refractivity contribution is -0.837. The molecule has 3 aliphatic rings. The fourth-order valence-electron chi connectivity index (χ4n) is 6.01. The van der Waals surface area contributed by atoms with Crippen molar-refractivity contribution < 1.29 is 9.64 Å². The standard InChI is InChI=1S/C30H39ClN4O.CH5N/c1-23(2)34-14-16-35(17-15-34)27-9-7-25(8-10-27)5-6-26-19-30(36-20-26,21-33-13-12-32-22-33)28-11-4-24(3)18-29(28)31;1-2/h4,7-11,18,22,26H,1,5-6,12-17,19-21H2,2-3H3;2H2,1H3/p+1/t26-,30-;/m1./s1. The third-order valence-electron chi connectivity index (χ3n) is 8.16. The third-order valence-corrected chi connectivity index (χ3v) is 8.47. The maximum atomic E-state index is 6.77. The molecule has 0 saturated carbocycles. The Balaban J connectivity index is 0.00000164. The minimum Gasteiger partial charge on any atom is -0.368 e. The number of nitrogens with two attached hydrogens (primary N) is 1. The molecule has 3 aliphatic heterocycles. The predicted octanol–water partition coefficient (Wildman–Crippen LogP) is 3.80. The van der Waals surface area contributed by atoms with E-state index in [2.05, 4.69) is 83.4 Å². The Hall–Kier alpha value is -2.38. The molecule has 0 aliphatic carbocycles. The molecule has 0 spiro atoms. The van der Waals surface area contributed by atoms with Crippen LogP contribution in [0.4, 0.5) is 5.69 Å². The number of hydrogen-bond donors (Lipinski definition) is 2. The number of hydrogen-bond acceptors (Lipinski definition) is 5. The van der Waals surface area contributed by atoms with Crippen LogP contribution in [-0.2, 0) is 16.8 Å². The molecule has 5 rings (SSSR count). The predicted molar refractivity (Wildman–Crippen MR) is 158 cm³/mol. The Morgan fingerprint density at radius 1 is 1.16 bits per heavy atom. The fraction of sp³-hybridized carbons (Fsp3) is 0.516. The lowest BCUT2D eigenvalue weighted by Gasteiger charge is -2.34. The van der Waals surface area contributed by atoms with Crippen LogP contribution in [0.25, 0.3) is 0 Å². The van der Waals surface area contributed by atoms with Gasteiger partial charge in [-0.2, -0.15) is 0 Å². The van der Waals surface area contributed by atoms with Crippen molar-refractivity contribution in [3.05, 3.63) is 76.5 Å². The van der Waals surface area contributed by atoms with Gasteiger partial charge in [0.1, 0.15) is 11.3 Å². The van der Waals surface area contributed by atoms with Crippen LogP contribution in [0.15, 0.2) is 59.7 Å². The number of nitrogens with zero attached hydrogens (tertiary/aromatic N) is 3. The highest BCUT2D eigenvalue weighted by molar-refractivity contribution is 6.31. The molecular weight excluding hydrogens is 494 g/mol. The molecule has 0 bridgehead atoms. The summed E-state index contributed by atoms with van der Waals surface area (Å²) in [5.74, 6) is 0.516. The Morgan fingerprint density at radius 2 is 1.89 bits per heavy atom. The van der Waals surface area contributed by atoms with Gasteiger partial charge in [-0.05, 0) is 75.4 Å². The average molecular weight is 539 g/mol. The van der Waals surface area contributed by atoms with E-state index in [1.54, 1.807) is 4.90 Å². The second-order valence-corrected chi connectivity index (χ2v) is 11.3. The number of nitrogens with one attached hydrogen (secondary N) is 1. The number of ether oxygens (including phenoxy) is 1. The molecule has 7 heteroatoms. The molecule has 2 atom stereocenters. The van der Waals surface area contributed by atoms with Crippen molar-refractivity contribution in [2.24, 2.45) is 16.6 Å². The van der Waals surface area contributed by atoms with Crippen LogP contribution >= 0.6 is 11.6 Å². The highest BCUT2D eigenvalue weighted by atomic mass is 35.5. The van der Waals surface area contributed by atoms with Gasteiger partial charge in [0.2, 0.25) is 0 Å². The molecule has 0 aromatic heterocycles. The number of piperazine rings is 1. The highest BCUT2D eigenvalue weighted by Gasteiger charge is 2.44. The summed E-state index contributed by atoms with van der Waals surface area (Å²) in [5.41, 5.74) is 10.4. The third kappa shape index (κ3) is 6.78. The second-order valence-electron chi connectivity index (χ2n) is 10.9. The molecule has 0 radical (unpaired) electrons. The van der Waals surface area contributed by atoms with E-state index in [4.69, 9.17) is 16.3 Å². The number of aryl methyl sites for hydroxylation is 2. The topological polar surface area (TPSA) is 58.5 Å². The normalized spacial score (nSPS) is 23.4. The maximum absolute atomic E-state index is 6.77. The number of rotatable bonds is 8. The minimum atomic E-state index is -0.370. The first-order valence-electron chi connectivity index (χ1n) is 14.0. The summed E-state index contributed by atoms with van der Waals surface area (Å²) in [6.45, 7) is 16.1. The monoisotopic (exact) mass is 538 g/mol. The van der Waals surface area contributed by atoms with Crippen molar-refractivity contribution in [2.75, 3.05) is 59.5 Å². The molecule has 2 aromatic rings. The van der Waals surface area contributed by atoms with E-state index < -0.39 is 0 Å². The summed E-state index contributed by atoms with van der Waals surface area (Å²) in [6.07, 6.45) is 5.18. The molecule has 6 nitrogen and oxygen atoms in total. The van der Waals surface area contributed by atoms with E-state index in [1.807, 2.05) is 6.34 Å². The molecule has 3 heterocycles. The van der Waals surface area contributed by atoms with Gasteiger partial charge < -0.3 is 20.3 Å². The lowest BCUT2D eigenvalue weighted by Crippen LogP contribution is -3.10. The van der Waals surface area contributed by atoms with E-state index in [-0.39, 0.29) is 5.60 Å². The molecule has 206 valence electrons. The Kier molecular flexibility index (Phi) is 9.88. The van der Waals surface area contributed by atoms with E-state index >= 15 is 0 Å². The zero-order valence-electron chi connectivity index (χ0n) is 23.4. The number of allylic oxidation sites excluding steroid dienone is 1. The smallest absolute Gasteiger partial charge is 0.131 e. The van der Waals surface area contributed by atoms with Crippen molar-refractivity contribution in [3.8, 4) is 0 Å². The number of halogens is 1. The van der Waals surface area contributed by atoms with Gasteiger partial charge in [-0.25, -0.2) is 0 Å². The summed E-state index contributed by atoms with van der Waals surface area (Å²) in [7, 11) is 1.50. The summed E-state index contributed by atoms with van der Waals surface area (Å²) >= 11 is 6.77. The van der Waals surface area contributed by atoms with Gasteiger partial charge in [0.15, 0.2) is 0 Å². The summed E-state index contributed by atoms with van der Waals surface area (Å²) in [5, 5.41) is 0.814. The van der Waals surface area contributed by atoms with Crippen molar-refractivity contribution in [3.63, 3.8) is 0 Å². The van der Waals surface area contributed by atoms with Gasteiger partial charge in [-0.3, -0.25) is 9.89 Å². The van der Waals surface area contributed by atoms with Crippen LogP contribution in [0.2, 0.25) is 5.02 Å². The Morgan fingerprint density at radius 3 is 2.53 bits per heavy atom. The van der Waals surface area contributed by atoms with Gasteiger partial charge in [0.25, 0.3) is 0 Å². The van der Waals surface area contributed by atoms with Crippen LogP contribution in [0, 0.1) is 12.8 Å². The first-order chi connectivity index (χ1) is 18.4. The molecule has 2 saturated heterocycles. The number of quaternary nitrogens is 1. The van der Waals surface area contributed by atoms with Crippen LogP contribution in [0.5, 0.6) is 0 Å². The van der Waals surface area contributed by atoms with Crippen LogP contribution in [0.3, 0.4) is 0 Å². The summed E-state index contributed by atoms with van der Waals surface area (Å²) < 4.78 is 6.63. The van der Waals surface area contributed by atoms with E-state index in [1.165, 1.54) is 29.6 Å². The zero-order chi connectivity index (χ0) is 27.1. The SMILES string of the molecule is C=C(C)N1CC[NH+](c2ccc(CC[C@H]3CO[C@](CN4C=NCC4)(c4ccc(C)cc4Cl)C3)cc2)CC1.CN. The van der Waals surface area contributed by atoms with E-state index in [0.717, 1.165) is 82.3 Å². The lowest BCUT2D eigenvalue weighted by atomic mass is 9.84. The van der Waals surface area contributed by atoms with Crippen molar-refractivity contribution in [1.29, 1.82) is 0 Å². The Labute approximate surface area is 234 Å². The molecule has 38 heavy (non-hydrogen) atoms. The molecule has 0 unspecified atom stereocenters. The quantitative estimate of drug-likeness (QED) is 0.537. The van der Waals surface area contributed by atoms with E-state index in [9.17, 15) is 0 Å². The summed E-state index contributed by atoms with van der Waals surface area (Å²) in [4.78, 5) is 10.7. The molecule has 2 fully saturated rings. The molecule has 3 N–H and O–H groups in total. The average Bonchev–Trinajstić information content (AvgIpc) is 3.59. The molecule has 2 aromatic carbocycles. The van der Waals surface area contributed by atoms with Gasteiger partial charge in [-0.15, -0.1) is 0 Å². The van der Waals surface area contributed by atoms with Gasteiger partial charge in [-0.1, -0.05) is 42.4 Å². The number of aliphatic imine (C=N–C) groups is 1. The summed E-state index contributed by atoms with van der Waals surface area (Å²) in [6, 6.07) is 15.7. The minimum absolute atomic E-state index is 0.370. The van der Waals surface area contributed by atoms with E-state index in [0.29, 0.717) is 5.92 Å². The van der Waals surface area contributed by atoms with Crippen LogP contribution in [-0.4, -0.2) is 75.6 Å². The zero-order valence-corrected chi connectivity index (χ0v) is 24.1. The van der Waals surface area contributed by atoms with Crippen molar-refractivity contribution in [1.82, 2.24) is 9.80 Å². The van der Waals surface area contributed by atoms with Gasteiger partial charge in [0, 0.05) is 22.8 Å². The van der Waals surface area contributed by atoms with Crippen molar-refractivity contribution in [2.45, 2.75) is 38.7 Å². The van der Waals surface area contributed by atoms with Gasteiger partial charge >= 0.3 is 0 Å². The first kappa shape index (κ1) is 28.6. The van der Waals surface area contributed by atoms with Crippen LogP contribution in [0.1, 0.15) is 36.5 Å². The van der Waals surface area contributed by atoms with Crippen LogP contribution < -0.4 is 10.6 Å². The Bertz CT molecular complexity index is 1100. The largest absolute Gasteiger partial charge is 0.368 e. The molecular formula is C31H45ClN5O+. The number of benzene rings is 2.